The molecule has 0 spiro atoms. The van der Waals surface area contributed by atoms with Crippen molar-refractivity contribution < 1.29 is 9.59 Å². The van der Waals surface area contributed by atoms with Crippen molar-refractivity contribution in [3.63, 3.8) is 0 Å². The highest BCUT2D eigenvalue weighted by Crippen LogP contribution is 2.21. The van der Waals surface area contributed by atoms with Gasteiger partial charge in [-0.1, -0.05) is 19.4 Å². The zero-order chi connectivity index (χ0) is 13.1. The third-order valence-electron chi connectivity index (χ3n) is 3.21. The molecule has 1 heterocycles. The first-order chi connectivity index (χ1) is 8.61. The number of rotatable bonds is 3. The van der Waals surface area contributed by atoms with Gasteiger partial charge in [-0.15, -0.1) is 0 Å². The number of aryl methyl sites for hydroxylation is 2. The molecule has 18 heavy (non-hydrogen) atoms. The molecule has 96 valence electrons. The van der Waals surface area contributed by atoms with Crippen molar-refractivity contribution in [2.75, 3.05) is 11.4 Å². The SMILES string of the molecule is CCCc1ccc(N2CCC(=O)NC2=O)cc1C. The molecule has 1 saturated heterocycles. The molecule has 1 aromatic carbocycles. The fourth-order valence-corrected chi connectivity index (χ4v) is 2.21. The predicted octanol–water partition coefficient (Wildman–Crippen LogP) is 2.39. The lowest BCUT2D eigenvalue weighted by Gasteiger charge is -2.27. The van der Waals surface area contributed by atoms with Crippen LogP contribution in [0.15, 0.2) is 18.2 Å². The molecule has 4 nitrogen and oxygen atoms in total. The van der Waals surface area contributed by atoms with Gasteiger partial charge in [0.2, 0.25) is 5.91 Å². The number of carbonyl (C=O) groups excluding carboxylic acids is 2. The van der Waals surface area contributed by atoms with Crippen molar-refractivity contribution in [3.8, 4) is 0 Å². The Kier molecular flexibility index (Phi) is 3.65. The van der Waals surface area contributed by atoms with Crippen LogP contribution in [0.2, 0.25) is 0 Å². The van der Waals surface area contributed by atoms with Gasteiger partial charge in [0.05, 0.1) is 0 Å². The maximum Gasteiger partial charge on any atom is 0.328 e. The van der Waals surface area contributed by atoms with Gasteiger partial charge in [0.15, 0.2) is 0 Å². The molecule has 0 aromatic heterocycles. The summed E-state index contributed by atoms with van der Waals surface area (Å²) in [6.07, 6.45) is 2.52. The Morgan fingerprint density at radius 3 is 2.72 bits per heavy atom. The topological polar surface area (TPSA) is 49.4 Å². The van der Waals surface area contributed by atoms with Gasteiger partial charge < -0.3 is 0 Å². The molecule has 1 fully saturated rings. The maximum atomic E-state index is 11.7. The standard InChI is InChI=1S/C14H18N2O2/c1-3-4-11-5-6-12(9-10(11)2)16-8-7-13(17)15-14(16)18/h5-6,9H,3-4,7-8H2,1-2H3,(H,15,17,18). The lowest BCUT2D eigenvalue weighted by Crippen LogP contribution is -2.49. The summed E-state index contributed by atoms with van der Waals surface area (Å²) in [4.78, 5) is 24.4. The van der Waals surface area contributed by atoms with Gasteiger partial charge in [0.1, 0.15) is 0 Å². The van der Waals surface area contributed by atoms with Crippen molar-refractivity contribution >= 4 is 17.6 Å². The second-order valence-electron chi connectivity index (χ2n) is 4.62. The molecule has 1 N–H and O–H groups in total. The lowest BCUT2D eigenvalue weighted by atomic mass is 10.0. The van der Waals surface area contributed by atoms with E-state index in [1.165, 1.54) is 11.1 Å². The Morgan fingerprint density at radius 1 is 1.33 bits per heavy atom. The molecule has 4 heteroatoms. The molecular weight excluding hydrogens is 228 g/mol. The number of amides is 3. The van der Waals surface area contributed by atoms with Crippen molar-refractivity contribution in [2.45, 2.75) is 33.1 Å². The molecule has 1 aliphatic rings. The van der Waals surface area contributed by atoms with E-state index in [0.29, 0.717) is 13.0 Å². The van der Waals surface area contributed by atoms with Crippen LogP contribution < -0.4 is 10.2 Å². The summed E-state index contributed by atoms with van der Waals surface area (Å²) in [6.45, 7) is 4.66. The minimum absolute atomic E-state index is 0.199. The van der Waals surface area contributed by atoms with Crippen molar-refractivity contribution in [2.24, 2.45) is 0 Å². The van der Waals surface area contributed by atoms with Gasteiger partial charge in [-0.05, 0) is 36.6 Å². The summed E-state index contributed by atoms with van der Waals surface area (Å²) >= 11 is 0. The second-order valence-corrected chi connectivity index (χ2v) is 4.62. The predicted molar refractivity (Wildman–Crippen MR) is 70.7 cm³/mol. The Bertz CT molecular complexity index is 483. The average molecular weight is 246 g/mol. The van der Waals surface area contributed by atoms with Gasteiger partial charge in [0.25, 0.3) is 0 Å². The van der Waals surface area contributed by atoms with Crippen LogP contribution in [-0.4, -0.2) is 18.5 Å². The lowest BCUT2D eigenvalue weighted by molar-refractivity contribution is -0.120. The zero-order valence-electron chi connectivity index (χ0n) is 10.8. The number of imide groups is 1. The summed E-state index contributed by atoms with van der Waals surface area (Å²) in [5.41, 5.74) is 3.37. The maximum absolute atomic E-state index is 11.7. The number of anilines is 1. The minimum Gasteiger partial charge on any atom is -0.294 e. The molecular formula is C14H18N2O2. The summed E-state index contributed by atoms with van der Waals surface area (Å²) in [7, 11) is 0. The van der Waals surface area contributed by atoms with Crippen molar-refractivity contribution in [1.29, 1.82) is 0 Å². The van der Waals surface area contributed by atoms with E-state index in [2.05, 4.69) is 25.2 Å². The van der Waals surface area contributed by atoms with Gasteiger partial charge in [-0.3, -0.25) is 15.0 Å². The second kappa shape index (κ2) is 5.21. The van der Waals surface area contributed by atoms with E-state index in [9.17, 15) is 9.59 Å². The van der Waals surface area contributed by atoms with Crippen LogP contribution in [0.1, 0.15) is 30.9 Å². The van der Waals surface area contributed by atoms with Gasteiger partial charge in [-0.2, -0.15) is 0 Å². The molecule has 2 rings (SSSR count). The molecule has 0 saturated carbocycles. The van der Waals surface area contributed by atoms with Crippen molar-refractivity contribution in [1.82, 2.24) is 5.32 Å². The largest absolute Gasteiger partial charge is 0.328 e. The first kappa shape index (κ1) is 12.6. The van der Waals surface area contributed by atoms with Crippen LogP contribution in [0.3, 0.4) is 0 Å². The number of hydrogen-bond acceptors (Lipinski definition) is 2. The number of urea groups is 1. The zero-order valence-corrected chi connectivity index (χ0v) is 10.8. The highest BCUT2D eigenvalue weighted by Gasteiger charge is 2.24. The fraction of sp³-hybridized carbons (Fsp3) is 0.429. The highest BCUT2D eigenvalue weighted by molar-refractivity contribution is 6.05. The molecule has 0 unspecified atom stereocenters. The Labute approximate surface area is 107 Å². The van der Waals surface area contributed by atoms with Gasteiger partial charge in [-0.25, -0.2) is 4.79 Å². The van der Waals surface area contributed by atoms with Gasteiger partial charge >= 0.3 is 6.03 Å². The number of nitrogens with zero attached hydrogens (tertiary/aromatic N) is 1. The van der Waals surface area contributed by atoms with E-state index >= 15 is 0 Å². The van der Waals surface area contributed by atoms with Gasteiger partial charge in [0, 0.05) is 18.7 Å². The summed E-state index contributed by atoms with van der Waals surface area (Å²) in [5.74, 6) is -0.199. The number of hydrogen-bond donors (Lipinski definition) is 1. The van der Waals surface area contributed by atoms with E-state index in [-0.39, 0.29) is 11.9 Å². The average Bonchev–Trinajstić information content (AvgIpc) is 2.32. The quantitative estimate of drug-likeness (QED) is 0.890. The normalized spacial score (nSPS) is 15.8. The number of carbonyl (C=O) groups is 2. The molecule has 0 bridgehead atoms. The third-order valence-corrected chi connectivity index (χ3v) is 3.21. The molecule has 0 aliphatic carbocycles. The monoisotopic (exact) mass is 246 g/mol. The third kappa shape index (κ3) is 2.53. The molecule has 1 aromatic rings. The highest BCUT2D eigenvalue weighted by atomic mass is 16.2. The first-order valence-electron chi connectivity index (χ1n) is 6.32. The summed E-state index contributed by atoms with van der Waals surface area (Å²) < 4.78 is 0. The van der Waals surface area contributed by atoms with E-state index in [1.807, 2.05) is 12.1 Å². The van der Waals surface area contributed by atoms with E-state index in [0.717, 1.165) is 18.5 Å². The molecule has 1 aliphatic heterocycles. The fourth-order valence-electron chi connectivity index (χ4n) is 2.21. The van der Waals surface area contributed by atoms with Crippen LogP contribution in [-0.2, 0) is 11.2 Å². The van der Waals surface area contributed by atoms with E-state index in [1.54, 1.807) is 4.90 Å². The van der Waals surface area contributed by atoms with Crippen molar-refractivity contribution in [3.05, 3.63) is 29.3 Å². The summed E-state index contributed by atoms with van der Waals surface area (Å²) in [5, 5.41) is 2.34. The Morgan fingerprint density at radius 2 is 2.11 bits per heavy atom. The summed E-state index contributed by atoms with van der Waals surface area (Å²) in [6, 6.07) is 5.71. The Hall–Kier alpha value is -1.84. The smallest absolute Gasteiger partial charge is 0.294 e. The van der Waals surface area contributed by atoms with Crippen LogP contribution in [0, 0.1) is 6.92 Å². The van der Waals surface area contributed by atoms with Crippen LogP contribution in [0.5, 0.6) is 0 Å². The first-order valence-corrected chi connectivity index (χ1v) is 6.32. The van der Waals surface area contributed by atoms with E-state index < -0.39 is 0 Å². The number of nitrogens with one attached hydrogen (secondary N) is 1. The van der Waals surface area contributed by atoms with Crippen LogP contribution >= 0.6 is 0 Å². The molecule has 0 radical (unpaired) electrons. The molecule has 0 atom stereocenters. The minimum atomic E-state index is -0.325. The van der Waals surface area contributed by atoms with Crippen LogP contribution in [0.25, 0.3) is 0 Å². The van der Waals surface area contributed by atoms with E-state index in [4.69, 9.17) is 0 Å². The molecule has 3 amide bonds. The number of benzene rings is 1. The Balaban J connectivity index is 2.21. The van der Waals surface area contributed by atoms with Crippen LogP contribution in [0.4, 0.5) is 10.5 Å².